The van der Waals surface area contributed by atoms with Crippen molar-refractivity contribution >= 4 is 5.95 Å². The summed E-state index contributed by atoms with van der Waals surface area (Å²) in [5, 5.41) is 3.38. The minimum atomic E-state index is -0.255. The van der Waals surface area contributed by atoms with Gasteiger partial charge in [0.15, 0.2) is 0 Å². The van der Waals surface area contributed by atoms with E-state index in [1.165, 1.54) is 5.56 Å². The van der Waals surface area contributed by atoms with Gasteiger partial charge in [0.25, 0.3) is 5.56 Å². The number of hydrogen-bond acceptors (Lipinski definition) is 4. The van der Waals surface area contributed by atoms with Crippen molar-refractivity contribution in [2.45, 2.75) is 25.2 Å². The average molecular weight is 397 g/mol. The fourth-order valence-electron chi connectivity index (χ4n) is 4.20. The molecule has 5 rings (SSSR count). The molecule has 6 nitrogen and oxygen atoms in total. The number of H-pyrrole nitrogens is 1. The van der Waals surface area contributed by atoms with Gasteiger partial charge in [-0.25, -0.2) is 14.6 Å². The van der Waals surface area contributed by atoms with E-state index in [2.05, 4.69) is 46.3 Å². The molecular weight excluding hydrogens is 374 g/mol. The number of para-hydroxylation sites is 1. The predicted octanol–water partition coefficient (Wildman–Crippen LogP) is 3.92. The summed E-state index contributed by atoms with van der Waals surface area (Å²) < 4.78 is 1.62. The molecule has 0 aliphatic heterocycles. The van der Waals surface area contributed by atoms with Gasteiger partial charge >= 0.3 is 0 Å². The summed E-state index contributed by atoms with van der Waals surface area (Å²) in [5.74, 6) is 0.772. The minimum absolute atomic E-state index is 0.0429. The monoisotopic (exact) mass is 397 g/mol. The molecule has 0 amide bonds. The number of anilines is 1. The van der Waals surface area contributed by atoms with Crippen molar-refractivity contribution in [2.24, 2.45) is 5.92 Å². The van der Waals surface area contributed by atoms with Crippen LogP contribution in [0.1, 0.15) is 31.0 Å². The van der Waals surface area contributed by atoms with Crippen molar-refractivity contribution in [3.63, 3.8) is 0 Å². The van der Waals surface area contributed by atoms with E-state index >= 15 is 0 Å². The number of aromatic nitrogens is 4. The molecule has 0 saturated heterocycles. The Morgan fingerprint density at radius 3 is 2.30 bits per heavy atom. The lowest BCUT2D eigenvalue weighted by molar-refractivity contribution is 0.476. The molecule has 3 N–H and O–H groups in total. The van der Waals surface area contributed by atoms with Crippen molar-refractivity contribution < 1.29 is 0 Å². The first-order chi connectivity index (χ1) is 14.6. The van der Waals surface area contributed by atoms with Crippen LogP contribution < -0.4 is 11.3 Å². The number of rotatable bonds is 5. The van der Waals surface area contributed by atoms with Crippen LogP contribution in [0, 0.1) is 5.92 Å². The lowest BCUT2D eigenvalue weighted by Gasteiger charge is -2.29. The van der Waals surface area contributed by atoms with Crippen LogP contribution >= 0.6 is 0 Å². The van der Waals surface area contributed by atoms with E-state index in [4.69, 9.17) is 5.73 Å². The van der Waals surface area contributed by atoms with Gasteiger partial charge in [0.2, 0.25) is 5.95 Å². The molecule has 0 bridgehead atoms. The Kier molecular flexibility index (Phi) is 4.28. The third kappa shape index (κ3) is 3.10. The lowest BCUT2D eigenvalue weighted by Crippen LogP contribution is -2.27. The van der Waals surface area contributed by atoms with Crippen molar-refractivity contribution in [1.82, 2.24) is 19.7 Å². The molecule has 1 unspecified atom stereocenters. The number of nitrogen functional groups attached to an aromatic ring is 1. The first-order valence-corrected chi connectivity index (χ1v) is 10.1. The Balaban J connectivity index is 1.54. The van der Waals surface area contributed by atoms with Crippen LogP contribution in [0.5, 0.6) is 0 Å². The quantitative estimate of drug-likeness (QED) is 0.534. The Bertz CT molecular complexity index is 1220. The summed E-state index contributed by atoms with van der Waals surface area (Å²) in [4.78, 5) is 20.9. The molecule has 2 heterocycles. The molecule has 0 spiro atoms. The van der Waals surface area contributed by atoms with Crippen molar-refractivity contribution in [3.05, 3.63) is 94.7 Å². The SMILES string of the molecule is CC(c1ccc(-c2cnc(N)nc2)cc1)(c1cc(=O)n(-c2ccccc2)[nH]1)C1CC1. The second-order valence-electron chi connectivity index (χ2n) is 8.06. The van der Waals surface area contributed by atoms with Gasteiger partial charge in [0.1, 0.15) is 0 Å². The Labute approximate surface area is 174 Å². The van der Waals surface area contributed by atoms with Crippen LogP contribution in [0.15, 0.2) is 77.9 Å². The summed E-state index contributed by atoms with van der Waals surface area (Å²) in [6.07, 6.45) is 5.77. The second-order valence-corrected chi connectivity index (χ2v) is 8.06. The van der Waals surface area contributed by atoms with Gasteiger partial charge in [-0.3, -0.25) is 9.89 Å². The van der Waals surface area contributed by atoms with Crippen LogP contribution in [0.4, 0.5) is 5.95 Å². The largest absolute Gasteiger partial charge is 0.368 e. The lowest BCUT2D eigenvalue weighted by atomic mass is 9.75. The molecule has 4 aromatic rings. The van der Waals surface area contributed by atoms with E-state index in [1.807, 2.05) is 30.3 Å². The highest BCUT2D eigenvalue weighted by Crippen LogP contribution is 2.50. The first kappa shape index (κ1) is 18.4. The number of aromatic amines is 1. The Morgan fingerprint density at radius 2 is 1.67 bits per heavy atom. The zero-order valence-electron chi connectivity index (χ0n) is 16.7. The van der Waals surface area contributed by atoms with E-state index in [0.29, 0.717) is 5.92 Å². The van der Waals surface area contributed by atoms with Gasteiger partial charge in [-0.15, -0.1) is 0 Å². The van der Waals surface area contributed by atoms with E-state index in [-0.39, 0.29) is 16.9 Å². The fraction of sp³-hybridized carbons (Fsp3) is 0.208. The second kappa shape index (κ2) is 6.99. The number of hydrogen-bond donors (Lipinski definition) is 2. The van der Waals surface area contributed by atoms with Gasteiger partial charge < -0.3 is 5.73 Å². The van der Waals surface area contributed by atoms with Crippen LogP contribution in [0.3, 0.4) is 0 Å². The number of benzene rings is 2. The molecule has 1 aliphatic carbocycles. The van der Waals surface area contributed by atoms with Crippen molar-refractivity contribution in [2.75, 3.05) is 5.73 Å². The maximum absolute atomic E-state index is 12.7. The van der Waals surface area contributed by atoms with Gasteiger partial charge in [-0.1, -0.05) is 42.5 Å². The fourth-order valence-corrected chi connectivity index (χ4v) is 4.20. The first-order valence-electron chi connectivity index (χ1n) is 10.1. The Morgan fingerprint density at radius 1 is 1.00 bits per heavy atom. The number of nitrogens with two attached hydrogens (primary N) is 1. The minimum Gasteiger partial charge on any atom is -0.368 e. The molecule has 1 saturated carbocycles. The standard InChI is InChI=1S/C24H23N5O/c1-24(19-11-12-19,21-13-22(30)29(28-21)20-5-3-2-4-6-20)18-9-7-16(8-10-18)17-14-26-23(25)27-15-17/h2-10,13-15,19,28H,11-12H2,1H3,(H2,25,26,27). The van der Waals surface area contributed by atoms with Crippen molar-refractivity contribution in [3.8, 4) is 16.8 Å². The molecular formula is C24H23N5O. The average Bonchev–Trinajstić information content (AvgIpc) is 3.57. The van der Waals surface area contributed by atoms with Gasteiger partial charge in [0, 0.05) is 35.1 Å². The highest BCUT2D eigenvalue weighted by atomic mass is 16.1. The zero-order valence-corrected chi connectivity index (χ0v) is 16.7. The van der Waals surface area contributed by atoms with Crippen LogP contribution in [-0.2, 0) is 5.41 Å². The molecule has 2 aromatic heterocycles. The molecule has 1 atom stereocenters. The van der Waals surface area contributed by atoms with E-state index in [0.717, 1.165) is 35.3 Å². The zero-order chi connectivity index (χ0) is 20.7. The van der Waals surface area contributed by atoms with Gasteiger partial charge in [0.05, 0.1) is 5.69 Å². The molecule has 30 heavy (non-hydrogen) atoms. The Hall–Kier alpha value is -3.67. The van der Waals surface area contributed by atoms with Crippen LogP contribution in [0.2, 0.25) is 0 Å². The summed E-state index contributed by atoms with van der Waals surface area (Å²) in [7, 11) is 0. The smallest absolute Gasteiger partial charge is 0.271 e. The molecule has 0 radical (unpaired) electrons. The van der Waals surface area contributed by atoms with Crippen LogP contribution in [0.25, 0.3) is 16.8 Å². The number of nitrogens with zero attached hydrogens (tertiary/aromatic N) is 3. The van der Waals surface area contributed by atoms with Crippen LogP contribution in [-0.4, -0.2) is 19.7 Å². The molecule has 150 valence electrons. The molecule has 6 heteroatoms. The molecule has 1 aliphatic rings. The predicted molar refractivity (Wildman–Crippen MR) is 117 cm³/mol. The number of nitrogens with one attached hydrogen (secondary N) is 1. The van der Waals surface area contributed by atoms with Crippen molar-refractivity contribution in [1.29, 1.82) is 0 Å². The topological polar surface area (TPSA) is 89.6 Å². The molecule has 1 fully saturated rings. The highest BCUT2D eigenvalue weighted by molar-refractivity contribution is 5.62. The normalized spacial score (nSPS) is 15.6. The summed E-state index contributed by atoms with van der Waals surface area (Å²) >= 11 is 0. The third-order valence-corrected chi connectivity index (χ3v) is 6.18. The van der Waals surface area contributed by atoms with Gasteiger partial charge in [-0.05, 0) is 48.9 Å². The maximum atomic E-state index is 12.7. The summed E-state index contributed by atoms with van der Waals surface area (Å²) in [5.41, 5.74) is 10.2. The summed E-state index contributed by atoms with van der Waals surface area (Å²) in [6, 6.07) is 19.9. The van der Waals surface area contributed by atoms with E-state index < -0.39 is 0 Å². The summed E-state index contributed by atoms with van der Waals surface area (Å²) in [6.45, 7) is 2.23. The molecule has 2 aromatic carbocycles. The van der Waals surface area contributed by atoms with E-state index in [9.17, 15) is 4.79 Å². The maximum Gasteiger partial charge on any atom is 0.271 e. The van der Waals surface area contributed by atoms with E-state index in [1.54, 1.807) is 23.1 Å². The van der Waals surface area contributed by atoms with Gasteiger partial charge in [-0.2, -0.15) is 0 Å². The highest BCUT2D eigenvalue weighted by Gasteiger charge is 2.45. The third-order valence-electron chi connectivity index (χ3n) is 6.18.